The number of aliphatic imine (C=N–C) groups is 1. The number of hydrogen-bond acceptors (Lipinski definition) is 7. The fourth-order valence-corrected chi connectivity index (χ4v) is 4.12. The number of thioether (sulfide) groups is 1. The third kappa shape index (κ3) is 7.33. The van der Waals surface area contributed by atoms with Crippen molar-refractivity contribution >= 4 is 46.8 Å². The van der Waals surface area contributed by atoms with Gasteiger partial charge in [-0.2, -0.15) is 0 Å². The predicted molar refractivity (Wildman–Crippen MR) is 155 cm³/mol. The second kappa shape index (κ2) is 12.4. The summed E-state index contributed by atoms with van der Waals surface area (Å²) in [6.07, 6.45) is 8.30. The topological polar surface area (TPSA) is 96.8 Å². The SMILES string of the molecule is C=C(/N=C1\C(=C/C)C=C(c2ccc(-c3cncc(C)n3)cc2Cl)C(=O)N1CCNC(=O)OC(C)(C)C)SC. The van der Waals surface area contributed by atoms with Crippen molar-refractivity contribution in [3.63, 3.8) is 0 Å². The third-order valence-corrected chi connectivity index (χ3v) is 6.26. The molecule has 0 radical (unpaired) electrons. The van der Waals surface area contributed by atoms with Crippen LogP contribution in [0.2, 0.25) is 5.02 Å². The Balaban J connectivity index is 1.96. The van der Waals surface area contributed by atoms with Crippen molar-refractivity contribution in [3.8, 4) is 11.3 Å². The van der Waals surface area contributed by atoms with Crippen molar-refractivity contribution in [2.24, 2.45) is 4.99 Å². The van der Waals surface area contributed by atoms with Crippen molar-refractivity contribution < 1.29 is 14.3 Å². The molecule has 3 rings (SSSR count). The van der Waals surface area contributed by atoms with Crippen LogP contribution in [0, 0.1) is 6.92 Å². The summed E-state index contributed by atoms with van der Waals surface area (Å²) in [6, 6.07) is 5.44. The standard InChI is InChI=1S/C28H32ClN5O3S/c1-8-19-13-22(21-10-9-20(14-23(21)29)24-16-30-15-17(2)32-24)26(35)34(25(19)33-18(3)38-7)12-11-31-27(36)37-28(4,5)6/h8-10,13-16H,3,11-12H2,1-2,4-7H3,(H,31,36)/b19-8-,33-25+. The molecule has 10 heteroatoms. The molecule has 0 fully saturated rings. The first kappa shape index (κ1) is 29.1. The highest BCUT2D eigenvalue weighted by atomic mass is 35.5. The highest BCUT2D eigenvalue weighted by Gasteiger charge is 2.32. The first-order valence-corrected chi connectivity index (χ1v) is 13.6. The number of ether oxygens (including phenoxy) is 1. The summed E-state index contributed by atoms with van der Waals surface area (Å²) >= 11 is 8.09. The Kier molecular flexibility index (Phi) is 9.51. The molecule has 2 heterocycles. The molecule has 0 bridgehead atoms. The van der Waals surface area contributed by atoms with Crippen LogP contribution in [0.5, 0.6) is 0 Å². The minimum atomic E-state index is -0.630. The van der Waals surface area contributed by atoms with Crippen LogP contribution >= 0.6 is 23.4 Å². The summed E-state index contributed by atoms with van der Waals surface area (Å²) in [5.41, 5.74) is 3.37. The highest BCUT2D eigenvalue weighted by Crippen LogP contribution is 2.34. The third-order valence-electron chi connectivity index (χ3n) is 5.38. The molecule has 0 unspecified atom stereocenters. The van der Waals surface area contributed by atoms with Crippen molar-refractivity contribution in [2.75, 3.05) is 19.3 Å². The Morgan fingerprint density at radius 1 is 1.32 bits per heavy atom. The molecule has 2 aromatic rings. The first-order valence-electron chi connectivity index (χ1n) is 12.0. The van der Waals surface area contributed by atoms with Crippen molar-refractivity contribution in [1.29, 1.82) is 0 Å². The average molecular weight is 554 g/mol. The summed E-state index contributed by atoms with van der Waals surface area (Å²) in [7, 11) is 0. The highest BCUT2D eigenvalue weighted by molar-refractivity contribution is 8.02. The Morgan fingerprint density at radius 3 is 2.66 bits per heavy atom. The smallest absolute Gasteiger partial charge is 0.407 e. The zero-order valence-electron chi connectivity index (χ0n) is 22.5. The number of alkyl carbamates (subject to hydrolysis) is 1. The van der Waals surface area contributed by atoms with Gasteiger partial charge < -0.3 is 10.1 Å². The van der Waals surface area contributed by atoms with E-state index in [1.54, 1.807) is 51.4 Å². The number of nitrogens with one attached hydrogen (secondary N) is 1. The van der Waals surface area contributed by atoms with Gasteiger partial charge in [-0.1, -0.05) is 36.4 Å². The lowest BCUT2D eigenvalue weighted by atomic mass is 9.95. The maximum absolute atomic E-state index is 13.8. The van der Waals surface area contributed by atoms with E-state index in [1.807, 2.05) is 32.2 Å². The summed E-state index contributed by atoms with van der Waals surface area (Å²) < 4.78 is 5.32. The van der Waals surface area contributed by atoms with Crippen LogP contribution in [0.25, 0.3) is 16.8 Å². The van der Waals surface area contributed by atoms with Crippen LogP contribution in [0.15, 0.2) is 64.9 Å². The van der Waals surface area contributed by atoms with Crippen LogP contribution in [0.3, 0.4) is 0 Å². The Labute approximate surface area is 232 Å². The van der Waals surface area contributed by atoms with Crippen molar-refractivity contribution in [1.82, 2.24) is 20.2 Å². The predicted octanol–water partition coefficient (Wildman–Crippen LogP) is 6.03. The van der Waals surface area contributed by atoms with Gasteiger partial charge in [-0.15, -0.1) is 11.8 Å². The number of halogens is 1. The van der Waals surface area contributed by atoms with Gasteiger partial charge in [0.25, 0.3) is 5.91 Å². The normalized spacial score (nSPS) is 16.0. The minimum Gasteiger partial charge on any atom is -0.444 e. The largest absolute Gasteiger partial charge is 0.444 e. The molecule has 1 N–H and O–H groups in total. The molecular weight excluding hydrogens is 522 g/mol. The zero-order chi connectivity index (χ0) is 28.0. The van der Waals surface area contributed by atoms with Gasteiger partial charge in [0.2, 0.25) is 0 Å². The van der Waals surface area contributed by atoms with Crippen LogP contribution in [0.1, 0.15) is 39.0 Å². The number of carbonyl (C=O) groups excluding carboxylic acids is 2. The molecule has 8 nitrogen and oxygen atoms in total. The van der Waals surface area contributed by atoms with Crippen LogP contribution in [-0.2, 0) is 9.53 Å². The van der Waals surface area contributed by atoms with E-state index in [0.717, 1.165) is 16.8 Å². The number of amidine groups is 1. The van der Waals surface area contributed by atoms with Gasteiger partial charge in [0, 0.05) is 46.6 Å². The van der Waals surface area contributed by atoms with E-state index in [2.05, 4.69) is 26.9 Å². The molecule has 38 heavy (non-hydrogen) atoms. The monoisotopic (exact) mass is 553 g/mol. The van der Waals surface area contributed by atoms with Crippen LogP contribution in [0.4, 0.5) is 4.79 Å². The number of aryl methyl sites for hydroxylation is 1. The molecule has 200 valence electrons. The number of hydrogen-bond donors (Lipinski definition) is 1. The molecule has 0 atom stereocenters. The summed E-state index contributed by atoms with van der Waals surface area (Å²) in [5, 5.41) is 3.66. The van der Waals surface area contributed by atoms with Crippen LogP contribution in [-0.4, -0.2) is 57.7 Å². The fourth-order valence-electron chi connectivity index (χ4n) is 3.66. The zero-order valence-corrected chi connectivity index (χ0v) is 24.0. The summed E-state index contributed by atoms with van der Waals surface area (Å²) in [6.45, 7) is 13.4. The number of nitrogens with zero attached hydrogens (tertiary/aromatic N) is 4. The number of amides is 2. The average Bonchev–Trinajstić information content (AvgIpc) is 2.85. The molecule has 0 saturated carbocycles. The van der Waals surface area contributed by atoms with E-state index in [4.69, 9.17) is 16.3 Å². The van der Waals surface area contributed by atoms with Crippen LogP contribution < -0.4 is 5.32 Å². The molecule has 0 spiro atoms. The molecule has 1 aromatic heterocycles. The number of allylic oxidation sites excluding steroid dienone is 1. The Hall–Kier alpha value is -3.43. The van der Waals surface area contributed by atoms with E-state index < -0.39 is 11.7 Å². The number of aromatic nitrogens is 2. The molecule has 2 amide bonds. The quantitative estimate of drug-likeness (QED) is 0.449. The summed E-state index contributed by atoms with van der Waals surface area (Å²) in [5.74, 6) is 0.161. The Bertz CT molecular complexity index is 1340. The molecule has 0 saturated heterocycles. The maximum atomic E-state index is 13.8. The Morgan fingerprint density at radius 2 is 2.05 bits per heavy atom. The van der Waals surface area contributed by atoms with Gasteiger partial charge >= 0.3 is 6.09 Å². The van der Waals surface area contributed by atoms with Gasteiger partial charge in [0.15, 0.2) is 0 Å². The van der Waals surface area contributed by atoms with Crippen molar-refractivity contribution in [3.05, 3.63) is 76.2 Å². The van der Waals surface area contributed by atoms with E-state index in [-0.39, 0.29) is 19.0 Å². The minimum absolute atomic E-state index is 0.161. The lowest BCUT2D eigenvalue weighted by Gasteiger charge is -2.31. The van der Waals surface area contributed by atoms with Gasteiger partial charge in [-0.25, -0.2) is 14.8 Å². The lowest BCUT2D eigenvalue weighted by Crippen LogP contribution is -2.46. The van der Waals surface area contributed by atoms with Gasteiger partial charge in [-0.05, 0) is 53.0 Å². The molecule has 1 aliphatic heterocycles. The van der Waals surface area contributed by atoms with Gasteiger partial charge in [0.1, 0.15) is 11.4 Å². The summed E-state index contributed by atoms with van der Waals surface area (Å²) in [4.78, 5) is 40.8. The van der Waals surface area contributed by atoms with E-state index in [9.17, 15) is 9.59 Å². The van der Waals surface area contributed by atoms with E-state index in [1.165, 1.54) is 16.7 Å². The lowest BCUT2D eigenvalue weighted by molar-refractivity contribution is -0.121. The maximum Gasteiger partial charge on any atom is 0.407 e. The number of rotatable bonds is 7. The second-order valence-electron chi connectivity index (χ2n) is 9.46. The van der Waals surface area contributed by atoms with Crippen molar-refractivity contribution in [2.45, 2.75) is 40.2 Å². The first-order chi connectivity index (χ1) is 17.9. The van der Waals surface area contributed by atoms with Gasteiger partial charge in [-0.3, -0.25) is 14.7 Å². The molecule has 0 aliphatic carbocycles. The van der Waals surface area contributed by atoms with E-state index >= 15 is 0 Å². The fraction of sp³-hybridized carbons (Fsp3) is 0.321. The second-order valence-corrected chi connectivity index (χ2v) is 10.7. The van der Waals surface area contributed by atoms with E-state index in [0.29, 0.717) is 32.7 Å². The number of benzene rings is 1. The molecular formula is C28H32ClN5O3S. The van der Waals surface area contributed by atoms with Gasteiger partial charge in [0.05, 0.1) is 22.6 Å². The molecule has 1 aromatic carbocycles. The number of carbonyl (C=O) groups is 2. The molecule has 1 aliphatic rings.